The summed E-state index contributed by atoms with van der Waals surface area (Å²) in [6.45, 7) is 1.88. The van der Waals surface area contributed by atoms with Gasteiger partial charge in [-0.2, -0.15) is 18.2 Å². The predicted octanol–water partition coefficient (Wildman–Crippen LogP) is 4.59. The number of hydrogen-bond acceptors (Lipinski definition) is 4. The molecule has 0 amide bonds. The Balaban J connectivity index is 2.37. The Kier molecular flexibility index (Phi) is 6.25. The fourth-order valence-corrected chi connectivity index (χ4v) is 2.47. The summed E-state index contributed by atoms with van der Waals surface area (Å²) in [5.41, 5.74) is 0.876. The van der Waals surface area contributed by atoms with Gasteiger partial charge >= 0.3 is 6.18 Å². The van der Waals surface area contributed by atoms with Gasteiger partial charge in [0, 0.05) is 18.2 Å². The second-order valence-electron chi connectivity index (χ2n) is 5.18. The van der Waals surface area contributed by atoms with E-state index in [9.17, 15) is 18.0 Å². The summed E-state index contributed by atoms with van der Waals surface area (Å²) in [5.74, 6) is 0.292. The first-order valence-corrected chi connectivity index (χ1v) is 7.93. The number of aldehydes is 1. The maximum atomic E-state index is 12.8. The molecule has 0 N–H and O–H groups in total. The van der Waals surface area contributed by atoms with Gasteiger partial charge < -0.3 is 4.79 Å². The van der Waals surface area contributed by atoms with Crippen LogP contribution in [0.1, 0.15) is 35.7 Å². The van der Waals surface area contributed by atoms with Crippen molar-refractivity contribution in [2.75, 3.05) is 0 Å². The number of aryl methyl sites for hydroxylation is 1. The number of carbonyl (C=O) groups is 1. The molecule has 0 aliphatic heterocycles. The van der Waals surface area contributed by atoms with Crippen LogP contribution >= 0.6 is 11.6 Å². The van der Waals surface area contributed by atoms with Gasteiger partial charge in [-0.25, -0.2) is 9.98 Å². The van der Waals surface area contributed by atoms with Crippen molar-refractivity contribution in [3.05, 3.63) is 51.9 Å². The SMILES string of the molecule is CCc1c(CCC=O)nc(Cl)nc1N=Cc1cccc(C(F)(F)F)c1. The van der Waals surface area contributed by atoms with E-state index in [0.29, 0.717) is 29.9 Å². The number of hydrogen-bond donors (Lipinski definition) is 0. The zero-order valence-corrected chi connectivity index (χ0v) is 14.1. The molecule has 0 saturated carbocycles. The van der Waals surface area contributed by atoms with Crippen molar-refractivity contribution < 1.29 is 18.0 Å². The molecule has 0 spiro atoms. The monoisotopic (exact) mass is 369 g/mol. The normalized spacial score (nSPS) is 11.9. The van der Waals surface area contributed by atoms with E-state index < -0.39 is 11.7 Å². The van der Waals surface area contributed by atoms with Gasteiger partial charge in [0.05, 0.1) is 11.3 Å². The summed E-state index contributed by atoms with van der Waals surface area (Å²) in [4.78, 5) is 22.9. The van der Waals surface area contributed by atoms with Crippen LogP contribution in [-0.4, -0.2) is 22.5 Å². The van der Waals surface area contributed by atoms with Crippen LogP contribution in [0.5, 0.6) is 0 Å². The fourth-order valence-electron chi connectivity index (χ4n) is 2.29. The minimum Gasteiger partial charge on any atom is -0.303 e. The molecular weight excluding hydrogens is 355 g/mol. The maximum Gasteiger partial charge on any atom is 0.416 e. The molecule has 0 unspecified atom stereocenters. The van der Waals surface area contributed by atoms with E-state index in [1.807, 2.05) is 6.92 Å². The zero-order chi connectivity index (χ0) is 18.4. The summed E-state index contributed by atoms with van der Waals surface area (Å²) < 4.78 is 38.3. The quantitative estimate of drug-likeness (QED) is 0.425. The van der Waals surface area contributed by atoms with Crippen LogP contribution in [0.4, 0.5) is 19.0 Å². The van der Waals surface area contributed by atoms with Crippen LogP contribution in [0.2, 0.25) is 5.28 Å². The van der Waals surface area contributed by atoms with Crippen LogP contribution in [0.25, 0.3) is 0 Å². The van der Waals surface area contributed by atoms with Gasteiger partial charge in [-0.15, -0.1) is 0 Å². The standard InChI is InChI=1S/C17H15ClF3N3O/c1-2-13-14(7-4-8-25)23-16(18)24-15(13)22-10-11-5-3-6-12(9-11)17(19,20)21/h3,5-6,8-10H,2,4,7H2,1H3. The number of rotatable bonds is 6. The van der Waals surface area contributed by atoms with Gasteiger partial charge in [-0.3, -0.25) is 0 Å². The predicted molar refractivity (Wildman–Crippen MR) is 89.5 cm³/mol. The van der Waals surface area contributed by atoms with Gasteiger partial charge in [0.15, 0.2) is 5.82 Å². The van der Waals surface area contributed by atoms with Gasteiger partial charge in [-0.05, 0) is 42.1 Å². The minimum absolute atomic E-state index is 0.0192. The smallest absolute Gasteiger partial charge is 0.303 e. The second-order valence-corrected chi connectivity index (χ2v) is 5.52. The highest BCUT2D eigenvalue weighted by Gasteiger charge is 2.30. The average molecular weight is 370 g/mol. The zero-order valence-electron chi connectivity index (χ0n) is 13.3. The molecule has 0 fully saturated rings. The number of halogens is 4. The van der Waals surface area contributed by atoms with Crippen molar-refractivity contribution in [1.29, 1.82) is 0 Å². The molecule has 2 aromatic rings. The molecule has 4 nitrogen and oxygen atoms in total. The lowest BCUT2D eigenvalue weighted by atomic mass is 10.1. The molecule has 1 aromatic heterocycles. The Labute approximate surface area is 147 Å². The van der Waals surface area contributed by atoms with Crippen LogP contribution in [0, 0.1) is 0 Å². The number of aromatic nitrogens is 2. The van der Waals surface area contributed by atoms with Gasteiger partial charge in [-0.1, -0.05) is 19.1 Å². The molecule has 1 aromatic carbocycles. The van der Waals surface area contributed by atoms with Crippen LogP contribution in [0.15, 0.2) is 29.3 Å². The molecule has 0 radical (unpaired) electrons. The highest BCUT2D eigenvalue weighted by atomic mass is 35.5. The number of nitrogens with zero attached hydrogens (tertiary/aromatic N) is 3. The third-order valence-electron chi connectivity index (χ3n) is 3.45. The first kappa shape index (κ1) is 19.1. The van der Waals surface area contributed by atoms with E-state index in [1.165, 1.54) is 18.3 Å². The first-order valence-electron chi connectivity index (χ1n) is 7.55. The molecule has 0 bridgehead atoms. The van der Waals surface area contributed by atoms with E-state index in [1.54, 1.807) is 0 Å². The molecule has 1 heterocycles. The molecular formula is C17H15ClF3N3O. The van der Waals surface area contributed by atoms with Crippen LogP contribution < -0.4 is 0 Å². The van der Waals surface area contributed by atoms with Crippen molar-refractivity contribution in [3.8, 4) is 0 Å². The molecule has 0 aliphatic carbocycles. The molecule has 2 rings (SSSR count). The summed E-state index contributed by atoms with van der Waals surface area (Å²) in [7, 11) is 0. The van der Waals surface area contributed by atoms with E-state index >= 15 is 0 Å². The van der Waals surface area contributed by atoms with Gasteiger partial charge in [0.2, 0.25) is 5.28 Å². The third kappa shape index (κ3) is 5.09. The number of alkyl halides is 3. The highest BCUT2D eigenvalue weighted by Crippen LogP contribution is 2.29. The van der Waals surface area contributed by atoms with Crippen molar-refractivity contribution in [2.24, 2.45) is 4.99 Å². The average Bonchev–Trinajstić information content (AvgIpc) is 2.57. The van der Waals surface area contributed by atoms with E-state index in [-0.39, 0.29) is 11.7 Å². The van der Waals surface area contributed by atoms with Crippen molar-refractivity contribution >= 4 is 29.9 Å². The van der Waals surface area contributed by atoms with E-state index in [0.717, 1.165) is 24.0 Å². The highest BCUT2D eigenvalue weighted by molar-refractivity contribution is 6.28. The van der Waals surface area contributed by atoms with Crippen molar-refractivity contribution in [2.45, 2.75) is 32.4 Å². The van der Waals surface area contributed by atoms with Gasteiger partial charge in [0.1, 0.15) is 6.29 Å². The van der Waals surface area contributed by atoms with Crippen LogP contribution in [0.3, 0.4) is 0 Å². The fraction of sp³-hybridized carbons (Fsp3) is 0.294. The number of carbonyl (C=O) groups excluding carboxylic acids is 1. The lowest BCUT2D eigenvalue weighted by Gasteiger charge is -2.09. The maximum absolute atomic E-state index is 12.8. The van der Waals surface area contributed by atoms with Crippen molar-refractivity contribution in [1.82, 2.24) is 9.97 Å². The summed E-state index contributed by atoms with van der Waals surface area (Å²) in [5, 5.41) is -0.0192. The summed E-state index contributed by atoms with van der Waals surface area (Å²) >= 11 is 5.89. The molecule has 25 heavy (non-hydrogen) atoms. The molecule has 132 valence electrons. The molecule has 0 saturated heterocycles. The Hall–Kier alpha value is -2.28. The van der Waals surface area contributed by atoms with Gasteiger partial charge in [0.25, 0.3) is 0 Å². The van der Waals surface area contributed by atoms with Crippen LogP contribution in [-0.2, 0) is 23.8 Å². The number of benzene rings is 1. The Morgan fingerprint density at radius 3 is 2.68 bits per heavy atom. The number of aliphatic imine (C=N–C) groups is 1. The molecule has 8 heteroatoms. The topological polar surface area (TPSA) is 55.2 Å². The first-order chi connectivity index (χ1) is 11.8. The van der Waals surface area contributed by atoms with E-state index in [2.05, 4.69) is 15.0 Å². The third-order valence-corrected chi connectivity index (χ3v) is 3.62. The Morgan fingerprint density at radius 1 is 1.28 bits per heavy atom. The summed E-state index contributed by atoms with van der Waals surface area (Å²) in [6, 6.07) is 4.83. The lowest BCUT2D eigenvalue weighted by molar-refractivity contribution is -0.137. The van der Waals surface area contributed by atoms with Crippen molar-refractivity contribution in [3.63, 3.8) is 0 Å². The second kappa shape index (κ2) is 8.20. The molecule has 0 aliphatic rings. The Bertz CT molecular complexity index is 791. The summed E-state index contributed by atoms with van der Waals surface area (Å²) in [6.07, 6.45) is -1.09. The largest absolute Gasteiger partial charge is 0.416 e. The lowest BCUT2D eigenvalue weighted by Crippen LogP contribution is -2.05. The molecule has 0 atom stereocenters. The Morgan fingerprint density at radius 2 is 2.04 bits per heavy atom. The van der Waals surface area contributed by atoms with E-state index in [4.69, 9.17) is 11.6 Å². The minimum atomic E-state index is -4.42.